The molecule has 6 rings (SSSR count). The van der Waals surface area contributed by atoms with Crippen LogP contribution in [0.4, 0.5) is 9.59 Å². The third-order valence-corrected chi connectivity index (χ3v) is 10.6. The number of imide groups is 2. The topological polar surface area (TPSA) is 177 Å². The minimum atomic E-state index is -0.806. The van der Waals surface area contributed by atoms with Crippen LogP contribution in [-0.2, 0) is 35.3 Å². The van der Waals surface area contributed by atoms with Gasteiger partial charge in [-0.2, -0.15) is 0 Å². The third-order valence-electron chi connectivity index (χ3n) is 8.60. The molecule has 0 spiro atoms. The molecule has 4 aromatic rings. The summed E-state index contributed by atoms with van der Waals surface area (Å²) in [6.45, 7) is 6.07. The van der Waals surface area contributed by atoms with E-state index in [4.69, 9.17) is 9.47 Å². The molecule has 14 heteroatoms. The number of carbonyl (C=O) groups is 4. The SMILES string of the molecule is CCc1ccc(C(O)COc2ccc(CC3(C)SC(=O)NC3=O)cc2)nc1.CCc1ccc(C(O)COc2ccc(CC3SC(=O)NC3=O)cc2)nc1. The first-order valence-electron chi connectivity index (χ1n) is 17.2. The highest BCUT2D eigenvalue weighted by Crippen LogP contribution is 2.35. The van der Waals surface area contributed by atoms with E-state index in [9.17, 15) is 29.4 Å². The molecule has 0 saturated carbocycles. The van der Waals surface area contributed by atoms with Gasteiger partial charge in [0.1, 0.15) is 41.7 Å². The molecule has 2 aromatic heterocycles. The number of aliphatic hydroxyl groups is 2. The first kappa shape index (κ1) is 39.4. The van der Waals surface area contributed by atoms with Gasteiger partial charge in [0.2, 0.25) is 11.8 Å². The number of aromatic nitrogens is 2. The third kappa shape index (κ3) is 11.1. The maximum absolute atomic E-state index is 11.9. The van der Waals surface area contributed by atoms with Gasteiger partial charge < -0.3 is 19.7 Å². The lowest BCUT2D eigenvalue weighted by Gasteiger charge is -2.18. The predicted octanol–water partition coefficient (Wildman–Crippen LogP) is 5.69. The van der Waals surface area contributed by atoms with Gasteiger partial charge in [0.15, 0.2) is 0 Å². The van der Waals surface area contributed by atoms with Crippen LogP contribution in [0.2, 0.25) is 0 Å². The average molecular weight is 759 g/mol. The molecule has 4 heterocycles. The molecule has 2 saturated heterocycles. The molecule has 0 radical (unpaired) electrons. The summed E-state index contributed by atoms with van der Waals surface area (Å²) in [7, 11) is 0. The summed E-state index contributed by atoms with van der Waals surface area (Å²) in [4.78, 5) is 54.6. The van der Waals surface area contributed by atoms with Gasteiger partial charge in [-0.05, 0) is 103 Å². The number of pyridine rings is 2. The summed E-state index contributed by atoms with van der Waals surface area (Å²) in [5, 5.41) is 24.0. The van der Waals surface area contributed by atoms with E-state index in [1.165, 1.54) is 0 Å². The van der Waals surface area contributed by atoms with Crippen LogP contribution < -0.4 is 20.1 Å². The molecule has 2 aromatic carbocycles. The zero-order valence-electron chi connectivity index (χ0n) is 29.6. The van der Waals surface area contributed by atoms with Gasteiger partial charge in [-0.3, -0.25) is 39.8 Å². The molecular formula is C39H42N4O8S2. The van der Waals surface area contributed by atoms with Crippen molar-refractivity contribution in [2.45, 2.75) is 68.7 Å². The molecule has 12 nitrogen and oxygen atoms in total. The Balaban J connectivity index is 0.000000204. The second-order valence-corrected chi connectivity index (χ2v) is 15.3. The number of thioether (sulfide) groups is 2. The Hall–Kier alpha value is -4.76. The maximum Gasteiger partial charge on any atom is 0.286 e. The molecule has 4 N–H and O–H groups in total. The molecule has 4 unspecified atom stereocenters. The Labute approximate surface area is 316 Å². The minimum absolute atomic E-state index is 0.0995. The molecule has 2 aliphatic heterocycles. The van der Waals surface area contributed by atoms with Gasteiger partial charge in [-0.1, -0.05) is 62.0 Å². The highest BCUT2D eigenvalue weighted by Gasteiger charge is 2.43. The number of nitrogens with one attached hydrogen (secondary N) is 2. The van der Waals surface area contributed by atoms with Crippen molar-refractivity contribution >= 4 is 45.8 Å². The summed E-state index contributed by atoms with van der Waals surface area (Å²) in [5.41, 5.74) is 5.26. The average Bonchev–Trinajstić information content (AvgIpc) is 3.62. The Morgan fingerprint density at radius 1 is 0.698 bits per heavy atom. The number of hydrogen-bond donors (Lipinski definition) is 4. The fourth-order valence-corrected chi connectivity index (χ4v) is 7.17. The van der Waals surface area contributed by atoms with Crippen molar-refractivity contribution in [2.75, 3.05) is 13.2 Å². The second kappa shape index (κ2) is 18.3. The van der Waals surface area contributed by atoms with E-state index >= 15 is 0 Å². The normalized spacial score (nSPS) is 19.2. The van der Waals surface area contributed by atoms with Crippen molar-refractivity contribution in [3.8, 4) is 11.5 Å². The van der Waals surface area contributed by atoms with Crippen LogP contribution in [0, 0.1) is 0 Å². The van der Waals surface area contributed by atoms with E-state index in [-0.39, 0.29) is 40.8 Å². The van der Waals surface area contributed by atoms with Crippen molar-refractivity contribution in [1.29, 1.82) is 0 Å². The Kier molecular flexibility index (Phi) is 13.6. The summed E-state index contributed by atoms with van der Waals surface area (Å²) in [6.07, 6.45) is 4.65. The van der Waals surface area contributed by atoms with Crippen LogP contribution in [0.25, 0.3) is 0 Å². The first-order chi connectivity index (χ1) is 25.4. The quantitative estimate of drug-likeness (QED) is 0.124. The van der Waals surface area contributed by atoms with Crippen LogP contribution in [0.5, 0.6) is 11.5 Å². The van der Waals surface area contributed by atoms with Crippen LogP contribution in [0.15, 0.2) is 85.2 Å². The lowest BCUT2D eigenvalue weighted by Crippen LogP contribution is -2.35. The van der Waals surface area contributed by atoms with E-state index in [2.05, 4.69) is 34.4 Å². The van der Waals surface area contributed by atoms with E-state index in [1.54, 1.807) is 43.6 Å². The zero-order valence-corrected chi connectivity index (χ0v) is 31.2. The number of amides is 4. The lowest BCUT2D eigenvalue weighted by molar-refractivity contribution is -0.121. The molecule has 4 atom stereocenters. The van der Waals surface area contributed by atoms with Crippen molar-refractivity contribution in [3.05, 3.63) is 119 Å². The number of benzene rings is 2. The van der Waals surface area contributed by atoms with Crippen molar-refractivity contribution in [2.24, 2.45) is 0 Å². The maximum atomic E-state index is 11.9. The van der Waals surface area contributed by atoms with Gasteiger partial charge in [0, 0.05) is 12.4 Å². The summed E-state index contributed by atoms with van der Waals surface area (Å²) in [5.74, 6) is 0.734. The van der Waals surface area contributed by atoms with Crippen molar-refractivity contribution < 1.29 is 38.9 Å². The first-order valence-corrected chi connectivity index (χ1v) is 18.9. The van der Waals surface area contributed by atoms with Gasteiger partial charge in [-0.25, -0.2) is 0 Å². The molecule has 4 amide bonds. The fourth-order valence-electron chi connectivity index (χ4n) is 5.38. The molecule has 53 heavy (non-hydrogen) atoms. The standard InChI is InChI=1S/C20H22N2O4S.C19H20N2O4S/c1-3-13-6-9-16(21-11-13)17(23)12-26-15-7-4-14(5-8-15)10-20(2)18(24)22-19(25)27-20;1-2-12-5-8-15(20-10-12)16(22)11-25-14-6-3-13(4-7-14)9-17-18(23)21-19(24)26-17/h4-9,11,17,23H,3,10,12H2,1-2H3,(H,22,24,25);3-8,10,16-17,22H,2,9,11H2,1H3,(H,21,23,24). The lowest BCUT2D eigenvalue weighted by atomic mass is 9.99. The predicted molar refractivity (Wildman–Crippen MR) is 203 cm³/mol. The van der Waals surface area contributed by atoms with Crippen LogP contribution in [-0.4, -0.2) is 65.7 Å². The number of ether oxygens (including phenoxy) is 2. The zero-order chi connectivity index (χ0) is 38.0. The highest BCUT2D eigenvalue weighted by atomic mass is 32.2. The fraction of sp³-hybridized carbons (Fsp3) is 0.333. The molecule has 0 bridgehead atoms. The molecule has 2 aliphatic rings. The summed E-state index contributed by atoms with van der Waals surface area (Å²) >= 11 is 2.03. The van der Waals surface area contributed by atoms with Gasteiger partial charge in [0.25, 0.3) is 10.5 Å². The minimum Gasteiger partial charge on any atom is -0.490 e. The highest BCUT2D eigenvalue weighted by molar-refractivity contribution is 8.16. The van der Waals surface area contributed by atoms with E-state index in [0.29, 0.717) is 35.7 Å². The summed E-state index contributed by atoms with van der Waals surface area (Å²) in [6, 6.07) is 22.1. The number of carbonyl (C=O) groups excluding carboxylic acids is 4. The molecule has 0 aliphatic carbocycles. The number of hydrogen-bond acceptors (Lipinski definition) is 12. The molecular weight excluding hydrogens is 717 g/mol. The number of aliphatic hydroxyl groups excluding tert-OH is 2. The van der Waals surface area contributed by atoms with Crippen molar-refractivity contribution in [1.82, 2.24) is 20.6 Å². The van der Waals surface area contributed by atoms with Crippen molar-refractivity contribution in [3.63, 3.8) is 0 Å². The Morgan fingerprint density at radius 3 is 1.58 bits per heavy atom. The van der Waals surface area contributed by atoms with E-state index < -0.39 is 17.0 Å². The van der Waals surface area contributed by atoms with Crippen LogP contribution in [0.3, 0.4) is 0 Å². The van der Waals surface area contributed by atoms with E-state index in [1.807, 2.05) is 48.5 Å². The van der Waals surface area contributed by atoms with Gasteiger partial charge in [0.05, 0.1) is 16.6 Å². The molecule has 2 fully saturated rings. The smallest absolute Gasteiger partial charge is 0.286 e. The Morgan fingerprint density at radius 2 is 1.19 bits per heavy atom. The second-order valence-electron chi connectivity index (χ2n) is 12.7. The Bertz CT molecular complexity index is 1880. The van der Waals surface area contributed by atoms with Crippen LogP contribution >= 0.6 is 23.5 Å². The number of aryl methyl sites for hydroxylation is 2. The largest absolute Gasteiger partial charge is 0.490 e. The van der Waals surface area contributed by atoms with Gasteiger partial charge in [-0.15, -0.1) is 0 Å². The van der Waals surface area contributed by atoms with Crippen LogP contribution in [0.1, 0.15) is 66.6 Å². The number of nitrogens with zero attached hydrogens (tertiary/aromatic N) is 2. The molecule has 278 valence electrons. The summed E-state index contributed by atoms with van der Waals surface area (Å²) < 4.78 is 10.5. The number of rotatable bonds is 14. The van der Waals surface area contributed by atoms with Gasteiger partial charge >= 0.3 is 0 Å². The van der Waals surface area contributed by atoms with E-state index in [0.717, 1.165) is 58.6 Å². The monoisotopic (exact) mass is 758 g/mol.